The number of likely N-dealkylation sites (N-methyl/N-ethyl adjacent to an activating group) is 1. The van der Waals surface area contributed by atoms with E-state index in [9.17, 15) is 19.0 Å². The largest absolute Gasteiger partial charge is 0.756 e. The number of unbranched alkanes of at least 4 members (excludes halogenated alkanes) is 38. The van der Waals surface area contributed by atoms with E-state index >= 15 is 0 Å². The Morgan fingerprint density at radius 2 is 0.703 bits per heavy atom. The molecule has 382 valence electrons. The number of ether oxygens (including phenoxy) is 2. The van der Waals surface area contributed by atoms with E-state index in [2.05, 4.69) is 13.8 Å². The number of nitrogens with zero attached hydrogens (tertiary/aromatic N) is 1. The van der Waals surface area contributed by atoms with E-state index in [4.69, 9.17) is 18.5 Å². The Morgan fingerprint density at radius 1 is 0.422 bits per heavy atom. The molecule has 0 aromatic rings. The Kier molecular flexibility index (Phi) is 46.4. The highest BCUT2D eigenvalue weighted by atomic mass is 31.2. The van der Waals surface area contributed by atoms with E-state index in [0.29, 0.717) is 17.4 Å². The third-order valence-electron chi connectivity index (χ3n) is 12.6. The van der Waals surface area contributed by atoms with Gasteiger partial charge in [-0.25, -0.2) is 0 Å². The van der Waals surface area contributed by atoms with E-state index in [1.165, 1.54) is 218 Å². The summed E-state index contributed by atoms with van der Waals surface area (Å²) in [6.45, 7) is 4.31. The summed E-state index contributed by atoms with van der Waals surface area (Å²) in [5, 5.41) is 0. The highest BCUT2D eigenvalue weighted by Crippen LogP contribution is 2.38. The van der Waals surface area contributed by atoms with E-state index < -0.39 is 26.5 Å². The molecule has 0 saturated carbocycles. The van der Waals surface area contributed by atoms with Crippen molar-refractivity contribution in [1.29, 1.82) is 0 Å². The third kappa shape index (κ3) is 50.4. The number of esters is 2. The summed E-state index contributed by atoms with van der Waals surface area (Å²) < 4.78 is 34.1. The molecule has 0 aliphatic rings. The van der Waals surface area contributed by atoms with Crippen LogP contribution in [0.25, 0.3) is 0 Å². The molecule has 0 heterocycles. The number of rotatable bonds is 52. The van der Waals surface area contributed by atoms with Crippen molar-refractivity contribution in [2.24, 2.45) is 0 Å². The van der Waals surface area contributed by atoms with E-state index in [1.807, 2.05) is 21.1 Å². The maximum atomic E-state index is 12.8. The normalized spacial score (nSPS) is 13.3. The first-order valence-corrected chi connectivity index (χ1v) is 29.2. The van der Waals surface area contributed by atoms with Gasteiger partial charge in [-0.3, -0.25) is 14.2 Å². The monoisotopic (exact) mass is 930 g/mol. The summed E-state index contributed by atoms with van der Waals surface area (Å²) in [4.78, 5) is 37.8. The zero-order valence-electron chi connectivity index (χ0n) is 43.3. The molecule has 0 fully saturated rings. The zero-order chi connectivity index (χ0) is 47.1. The van der Waals surface area contributed by atoms with Gasteiger partial charge in [0.15, 0.2) is 6.10 Å². The number of phosphoric ester groups is 1. The van der Waals surface area contributed by atoms with Crippen LogP contribution in [-0.2, 0) is 32.7 Å². The van der Waals surface area contributed by atoms with Crippen LogP contribution in [0.3, 0.4) is 0 Å². The maximum absolute atomic E-state index is 12.8. The molecule has 0 radical (unpaired) electrons. The number of carbonyl (C=O) groups excluding carboxylic acids is 2. The molecule has 1 unspecified atom stereocenters. The van der Waals surface area contributed by atoms with Crippen LogP contribution in [-0.4, -0.2) is 70.0 Å². The van der Waals surface area contributed by atoms with Crippen LogP contribution in [0.15, 0.2) is 0 Å². The van der Waals surface area contributed by atoms with Crippen molar-refractivity contribution in [3.8, 4) is 0 Å². The minimum absolute atomic E-state index is 0.0252. The average molecular weight is 930 g/mol. The lowest BCUT2D eigenvalue weighted by molar-refractivity contribution is -0.870. The van der Waals surface area contributed by atoms with Gasteiger partial charge in [0.25, 0.3) is 7.82 Å². The highest BCUT2D eigenvalue weighted by Gasteiger charge is 2.22. The van der Waals surface area contributed by atoms with Crippen LogP contribution in [0.1, 0.15) is 284 Å². The van der Waals surface area contributed by atoms with Gasteiger partial charge >= 0.3 is 11.9 Å². The molecule has 2 atom stereocenters. The maximum Gasteiger partial charge on any atom is 0.306 e. The van der Waals surface area contributed by atoms with E-state index in [-0.39, 0.29) is 32.0 Å². The quantitative estimate of drug-likeness (QED) is 0.0257. The molecule has 0 spiro atoms. The first kappa shape index (κ1) is 63.0. The molecular formula is C54H108NO8P. The Labute approximate surface area is 397 Å². The number of phosphoric acid groups is 1. The number of hydrogen-bond acceptors (Lipinski definition) is 8. The van der Waals surface area contributed by atoms with Gasteiger partial charge in [0.2, 0.25) is 0 Å². The predicted octanol–water partition coefficient (Wildman–Crippen LogP) is 16.1. The van der Waals surface area contributed by atoms with Crippen molar-refractivity contribution in [2.45, 2.75) is 290 Å². The second-order valence-electron chi connectivity index (χ2n) is 20.3. The first-order chi connectivity index (χ1) is 31.0. The summed E-state index contributed by atoms with van der Waals surface area (Å²) >= 11 is 0. The van der Waals surface area contributed by atoms with Crippen molar-refractivity contribution in [3.05, 3.63) is 0 Å². The Morgan fingerprint density at radius 3 is 1.00 bits per heavy atom. The van der Waals surface area contributed by atoms with E-state index in [1.54, 1.807) is 0 Å². The van der Waals surface area contributed by atoms with Gasteiger partial charge in [0.05, 0.1) is 27.7 Å². The summed E-state index contributed by atoms with van der Waals surface area (Å²) in [5.41, 5.74) is 0. The topological polar surface area (TPSA) is 111 Å². The van der Waals surface area contributed by atoms with Gasteiger partial charge in [-0.1, -0.05) is 258 Å². The summed E-state index contributed by atoms with van der Waals surface area (Å²) in [7, 11) is 1.19. The minimum atomic E-state index is -4.62. The number of hydrogen-bond donors (Lipinski definition) is 0. The van der Waals surface area contributed by atoms with Gasteiger partial charge in [0.1, 0.15) is 19.8 Å². The lowest BCUT2D eigenvalue weighted by Crippen LogP contribution is -2.37. The third-order valence-corrected chi connectivity index (χ3v) is 13.6. The van der Waals surface area contributed by atoms with Gasteiger partial charge in [0, 0.05) is 12.8 Å². The van der Waals surface area contributed by atoms with Gasteiger partial charge in [-0.05, 0) is 12.8 Å². The molecule has 0 amide bonds. The van der Waals surface area contributed by atoms with Gasteiger partial charge in [-0.15, -0.1) is 0 Å². The molecule has 0 aromatic carbocycles. The molecule has 0 rings (SSSR count). The zero-order valence-corrected chi connectivity index (χ0v) is 44.2. The minimum Gasteiger partial charge on any atom is -0.756 e. The average Bonchev–Trinajstić information content (AvgIpc) is 3.25. The van der Waals surface area contributed by atoms with Gasteiger partial charge < -0.3 is 27.9 Å². The molecule has 0 bridgehead atoms. The van der Waals surface area contributed by atoms with E-state index in [0.717, 1.165) is 32.1 Å². The lowest BCUT2D eigenvalue weighted by Gasteiger charge is -2.28. The van der Waals surface area contributed by atoms with Crippen molar-refractivity contribution >= 4 is 19.8 Å². The Balaban J connectivity index is 4.14. The van der Waals surface area contributed by atoms with Crippen LogP contribution in [0.4, 0.5) is 0 Å². The fourth-order valence-electron chi connectivity index (χ4n) is 8.31. The fraction of sp³-hybridized carbons (Fsp3) is 0.963. The first-order valence-electron chi connectivity index (χ1n) is 27.7. The Hall–Kier alpha value is -0.990. The molecule has 10 heteroatoms. The van der Waals surface area contributed by atoms with Crippen molar-refractivity contribution in [3.63, 3.8) is 0 Å². The summed E-state index contributed by atoms with van der Waals surface area (Å²) in [5.74, 6) is -0.810. The van der Waals surface area contributed by atoms with Gasteiger partial charge in [-0.2, -0.15) is 0 Å². The molecule has 0 aliphatic heterocycles. The standard InChI is InChI=1S/C54H108NO8P/c1-6-8-10-12-14-16-18-20-22-24-26-27-29-30-32-34-36-38-40-42-44-46-53(56)60-50-52(51-62-64(58,59)61-49-48-55(3,4)5)63-54(57)47-45-43-41-39-37-35-33-31-28-25-23-21-19-17-15-13-11-9-7-2/h52H,6-51H2,1-5H3/t52-/m1/s1. The van der Waals surface area contributed by atoms with Crippen LogP contribution < -0.4 is 4.89 Å². The molecule has 0 aliphatic carbocycles. The SMILES string of the molecule is CCCCCCCCCCCCCCCCCCCCCCCC(=O)OC[C@H](COP(=O)([O-])OCC[N+](C)(C)C)OC(=O)CCCCCCCCCCCCCCCCCCCCC. The summed E-state index contributed by atoms with van der Waals surface area (Å²) in [6, 6.07) is 0. The van der Waals surface area contributed by atoms with Crippen LogP contribution in [0, 0.1) is 0 Å². The Bertz CT molecular complexity index is 1050. The second-order valence-corrected chi connectivity index (χ2v) is 21.7. The second kappa shape index (κ2) is 47.1. The van der Waals surface area contributed by atoms with Crippen molar-refractivity contribution in [1.82, 2.24) is 0 Å². The van der Waals surface area contributed by atoms with Crippen molar-refractivity contribution < 1.29 is 42.1 Å². The lowest BCUT2D eigenvalue weighted by atomic mass is 10.0. The fourth-order valence-corrected chi connectivity index (χ4v) is 9.03. The smallest absolute Gasteiger partial charge is 0.306 e. The molecule has 9 nitrogen and oxygen atoms in total. The molecule has 64 heavy (non-hydrogen) atoms. The van der Waals surface area contributed by atoms with Crippen molar-refractivity contribution in [2.75, 3.05) is 47.5 Å². The van der Waals surface area contributed by atoms with Crippen LogP contribution in [0.5, 0.6) is 0 Å². The molecule has 0 aromatic heterocycles. The number of carbonyl (C=O) groups is 2. The van der Waals surface area contributed by atoms with Crippen LogP contribution >= 0.6 is 7.82 Å². The molecular weight excluding hydrogens is 822 g/mol. The molecule has 0 N–H and O–H groups in total. The molecule has 0 saturated heterocycles. The van der Waals surface area contributed by atoms with Crippen LogP contribution in [0.2, 0.25) is 0 Å². The highest BCUT2D eigenvalue weighted by molar-refractivity contribution is 7.45. The number of quaternary nitrogens is 1. The predicted molar refractivity (Wildman–Crippen MR) is 269 cm³/mol. The summed E-state index contributed by atoms with van der Waals surface area (Å²) in [6.07, 6.45) is 51.4.